The number of hydrogen-bond acceptors (Lipinski definition) is 4. The fourth-order valence-electron chi connectivity index (χ4n) is 2.62. The minimum Gasteiger partial charge on any atom is -0.609 e. The van der Waals surface area contributed by atoms with Gasteiger partial charge in [-0.15, -0.1) is 0 Å². The molecule has 18 heavy (non-hydrogen) atoms. The summed E-state index contributed by atoms with van der Waals surface area (Å²) >= 11 is -1.16. The number of nitrogens with zero attached hydrogens (tertiary/aromatic N) is 4. The molecule has 1 unspecified atom stereocenters. The first-order valence-corrected chi connectivity index (χ1v) is 7.77. The van der Waals surface area contributed by atoms with Crippen molar-refractivity contribution in [2.45, 2.75) is 43.2 Å². The van der Waals surface area contributed by atoms with E-state index in [2.05, 4.69) is 22.0 Å². The highest BCUT2D eigenvalue weighted by Crippen LogP contribution is 2.45. The van der Waals surface area contributed by atoms with Crippen molar-refractivity contribution in [3.63, 3.8) is 0 Å². The number of fused-ring (bicyclic) bond motifs is 1. The molecule has 96 valence electrons. The Bertz CT molecular complexity index is 571. The summed E-state index contributed by atoms with van der Waals surface area (Å²) in [6, 6.07) is 0. The molecule has 0 amide bonds. The Balaban J connectivity index is 2.15. The average molecular weight is 264 g/mol. The van der Waals surface area contributed by atoms with Gasteiger partial charge in [0.2, 0.25) is 0 Å². The first kappa shape index (κ1) is 11.9. The summed E-state index contributed by atoms with van der Waals surface area (Å²) in [7, 11) is 0. The standard InChI is InChI=1S/C12H16N4OS/c1-3-12(5-4-6-12)10-13-7-9-8-14-11(18(2)17)15-16(9)10/h7-8H,3-6H2,1-2H3. The molecule has 2 aromatic heterocycles. The lowest BCUT2D eigenvalue weighted by atomic mass is 9.66. The van der Waals surface area contributed by atoms with Gasteiger partial charge >= 0.3 is 5.16 Å². The molecule has 0 aromatic carbocycles. The van der Waals surface area contributed by atoms with Crippen LogP contribution in [0.1, 0.15) is 38.4 Å². The van der Waals surface area contributed by atoms with Gasteiger partial charge in [0.1, 0.15) is 17.6 Å². The molecule has 2 heterocycles. The highest BCUT2D eigenvalue weighted by molar-refractivity contribution is 7.90. The van der Waals surface area contributed by atoms with Crippen LogP contribution in [0.25, 0.3) is 5.52 Å². The van der Waals surface area contributed by atoms with Crippen LogP contribution in [0.5, 0.6) is 0 Å². The van der Waals surface area contributed by atoms with Crippen LogP contribution in [0.2, 0.25) is 0 Å². The van der Waals surface area contributed by atoms with Crippen molar-refractivity contribution < 1.29 is 4.55 Å². The largest absolute Gasteiger partial charge is 0.609 e. The molecule has 3 rings (SSSR count). The van der Waals surface area contributed by atoms with E-state index >= 15 is 0 Å². The molecule has 1 saturated carbocycles. The smallest absolute Gasteiger partial charge is 0.359 e. The molecule has 0 aliphatic heterocycles. The van der Waals surface area contributed by atoms with Crippen molar-refractivity contribution in [2.24, 2.45) is 0 Å². The van der Waals surface area contributed by atoms with Gasteiger partial charge in [-0.2, -0.15) is 4.98 Å². The third-order valence-corrected chi connectivity index (χ3v) is 4.68. The quantitative estimate of drug-likeness (QED) is 0.791. The van der Waals surface area contributed by atoms with Gasteiger partial charge in [-0.25, -0.2) is 9.50 Å². The van der Waals surface area contributed by atoms with Gasteiger partial charge in [0.15, 0.2) is 0 Å². The molecule has 0 spiro atoms. The van der Waals surface area contributed by atoms with Gasteiger partial charge in [0.05, 0.1) is 12.4 Å². The second kappa shape index (κ2) is 4.20. The second-order valence-corrected chi connectivity index (χ2v) is 6.17. The van der Waals surface area contributed by atoms with Crippen molar-refractivity contribution in [3.8, 4) is 0 Å². The van der Waals surface area contributed by atoms with Crippen LogP contribution in [0.4, 0.5) is 0 Å². The summed E-state index contributed by atoms with van der Waals surface area (Å²) in [5.41, 5.74) is 1.03. The average Bonchev–Trinajstić information content (AvgIpc) is 2.72. The van der Waals surface area contributed by atoms with E-state index in [4.69, 9.17) is 0 Å². The third kappa shape index (κ3) is 1.63. The van der Waals surface area contributed by atoms with Crippen LogP contribution in [-0.4, -0.2) is 30.4 Å². The zero-order valence-electron chi connectivity index (χ0n) is 10.6. The topological polar surface area (TPSA) is 66.1 Å². The molecule has 6 heteroatoms. The number of hydrogen-bond donors (Lipinski definition) is 0. The fourth-order valence-corrected chi connectivity index (χ4v) is 3.01. The molecule has 0 radical (unpaired) electrons. The minimum atomic E-state index is -1.16. The molecule has 1 aliphatic carbocycles. The Labute approximate surface area is 109 Å². The lowest BCUT2D eigenvalue weighted by Crippen LogP contribution is -2.36. The molecule has 5 nitrogen and oxygen atoms in total. The molecule has 0 saturated heterocycles. The SMILES string of the molecule is CCC1(c2ncc3cnc([S+](C)[O-])nn23)CCC1. The molecule has 2 aromatic rings. The lowest BCUT2D eigenvalue weighted by molar-refractivity contribution is 0.216. The Morgan fingerprint density at radius 2 is 2.11 bits per heavy atom. The van der Waals surface area contributed by atoms with E-state index in [1.807, 2.05) is 4.52 Å². The normalized spacial score (nSPS) is 19.7. The summed E-state index contributed by atoms with van der Waals surface area (Å²) in [6.07, 6.45) is 9.74. The number of imidazole rings is 1. The zero-order chi connectivity index (χ0) is 12.8. The summed E-state index contributed by atoms with van der Waals surface area (Å²) < 4.78 is 13.3. The van der Waals surface area contributed by atoms with Crippen molar-refractivity contribution in [3.05, 3.63) is 18.2 Å². The maximum absolute atomic E-state index is 11.5. The predicted molar refractivity (Wildman–Crippen MR) is 68.9 cm³/mol. The van der Waals surface area contributed by atoms with E-state index in [0.29, 0.717) is 5.16 Å². The van der Waals surface area contributed by atoms with Gasteiger partial charge in [0, 0.05) is 16.6 Å². The van der Waals surface area contributed by atoms with E-state index in [-0.39, 0.29) is 5.41 Å². The maximum Gasteiger partial charge on any atom is 0.359 e. The minimum absolute atomic E-state index is 0.160. The third-order valence-electron chi connectivity index (χ3n) is 3.98. The van der Waals surface area contributed by atoms with Crippen LogP contribution in [0.3, 0.4) is 0 Å². The monoisotopic (exact) mass is 264 g/mol. The number of aromatic nitrogens is 4. The molecule has 0 bridgehead atoms. The Morgan fingerprint density at radius 1 is 1.39 bits per heavy atom. The maximum atomic E-state index is 11.5. The second-order valence-electron chi connectivity index (χ2n) is 4.90. The molecular formula is C12H16N4OS. The van der Waals surface area contributed by atoms with Crippen LogP contribution < -0.4 is 0 Å². The first-order chi connectivity index (χ1) is 8.66. The van der Waals surface area contributed by atoms with E-state index in [0.717, 1.165) is 30.6 Å². The van der Waals surface area contributed by atoms with Crippen molar-refractivity contribution in [2.75, 3.05) is 6.26 Å². The Hall–Kier alpha value is -1.14. The summed E-state index contributed by atoms with van der Waals surface area (Å²) in [5.74, 6) is 1.00. The van der Waals surface area contributed by atoms with Crippen molar-refractivity contribution >= 4 is 16.7 Å². The van der Waals surface area contributed by atoms with Crippen molar-refractivity contribution in [1.82, 2.24) is 19.6 Å². The van der Waals surface area contributed by atoms with E-state index in [1.54, 1.807) is 18.6 Å². The summed E-state index contributed by atoms with van der Waals surface area (Å²) in [6.45, 7) is 2.19. The predicted octanol–water partition coefficient (Wildman–Crippen LogP) is 1.69. The number of rotatable bonds is 3. The van der Waals surface area contributed by atoms with Crippen LogP contribution in [-0.2, 0) is 16.6 Å². The van der Waals surface area contributed by atoms with Gasteiger partial charge in [-0.05, 0) is 19.3 Å². The van der Waals surface area contributed by atoms with E-state index < -0.39 is 11.2 Å². The summed E-state index contributed by atoms with van der Waals surface area (Å²) in [4.78, 5) is 8.62. The van der Waals surface area contributed by atoms with Crippen molar-refractivity contribution in [1.29, 1.82) is 0 Å². The van der Waals surface area contributed by atoms with Gasteiger partial charge in [0.25, 0.3) is 0 Å². The van der Waals surface area contributed by atoms with Crippen LogP contribution in [0.15, 0.2) is 17.6 Å². The highest BCUT2D eigenvalue weighted by Gasteiger charge is 2.40. The Morgan fingerprint density at radius 3 is 2.67 bits per heavy atom. The Kier molecular flexibility index (Phi) is 2.79. The molecule has 1 fully saturated rings. The fraction of sp³-hybridized carbons (Fsp3) is 0.583. The van der Waals surface area contributed by atoms with Crippen LogP contribution >= 0.6 is 0 Å². The molecule has 1 aliphatic rings. The molecule has 0 N–H and O–H groups in total. The van der Waals surface area contributed by atoms with Gasteiger partial charge < -0.3 is 4.55 Å². The van der Waals surface area contributed by atoms with E-state index in [1.165, 1.54) is 6.42 Å². The van der Waals surface area contributed by atoms with E-state index in [9.17, 15) is 4.55 Å². The van der Waals surface area contributed by atoms with Gasteiger partial charge in [-0.1, -0.05) is 18.4 Å². The van der Waals surface area contributed by atoms with Crippen LogP contribution in [0, 0.1) is 0 Å². The molecule has 1 atom stereocenters. The summed E-state index contributed by atoms with van der Waals surface area (Å²) in [5, 5.41) is 4.74. The van der Waals surface area contributed by atoms with Gasteiger partial charge in [-0.3, -0.25) is 0 Å². The first-order valence-electron chi connectivity index (χ1n) is 6.21. The highest BCUT2D eigenvalue weighted by atomic mass is 32.2. The molecular weight excluding hydrogens is 248 g/mol. The lowest BCUT2D eigenvalue weighted by Gasteiger charge is -2.39. The zero-order valence-corrected chi connectivity index (χ0v) is 11.4.